The molecule has 1 fully saturated rings. The summed E-state index contributed by atoms with van der Waals surface area (Å²) >= 11 is 1.69. The lowest BCUT2D eigenvalue weighted by atomic mass is 9.99. The Morgan fingerprint density at radius 3 is 2.71 bits per heavy atom. The fraction of sp³-hybridized carbons (Fsp3) is 0.727. The predicted molar refractivity (Wildman–Crippen MR) is 126 cm³/mol. The smallest absolute Gasteiger partial charge is 0.191 e. The van der Waals surface area contributed by atoms with Crippen LogP contribution in [0.3, 0.4) is 0 Å². The Balaban J connectivity index is 1.44. The molecule has 0 radical (unpaired) electrons. The lowest BCUT2D eigenvalue weighted by Crippen LogP contribution is -2.37. The van der Waals surface area contributed by atoms with Gasteiger partial charge in [-0.25, -0.2) is 0 Å². The van der Waals surface area contributed by atoms with E-state index in [1.807, 2.05) is 0 Å². The van der Waals surface area contributed by atoms with E-state index < -0.39 is 0 Å². The second-order valence-electron chi connectivity index (χ2n) is 8.10. The molecule has 0 atom stereocenters. The van der Waals surface area contributed by atoms with Crippen molar-refractivity contribution in [2.24, 2.45) is 4.99 Å². The van der Waals surface area contributed by atoms with Gasteiger partial charge in [-0.2, -0.15) is 0 Å². The van der Waals surface area contributed by atoms with Crippen molar-refractivity contribution < 1.29 is 4.52 Å². The molecule has 1 saturated carbocycles. The van der Waals surface area contributed by atoms with E-state index >= 15 is 0 Å². The fourth-order valence-electron chi connectivity index (χ4n) is 4.30. The summed E-state index contributed by atoms with van der Waals surface area (Å²) in [6, 6.07) is 2.62. The van der Waals surface area contributed by atoms with E-state index in [1.54, 1.807) is 18.8 Å². The molecule has 0 bridgehead atoms. The van der Waals surface area contributed by atoms with Crippen LogP contribution in [-0.2, 0) is 13.0 Å². The number of aliphatic imine (C=N–C) groups is 1. The summed E-state index contributed by atoms with van der Waals surface area (Å²) in [6.07, 6.45) is 11.2. The minimum atomic E-state index is 0.466. The first-order valence-electron chi connectivity index (χ1n) is 11.6. The zero-order valence-corrected chi connectivity index (χ0v) is 20.2. The molecule has 0 saturated heterocycles. The summed E-state index contributed by atoms with van der Waals surface area (Å²) in [7, 11) is 1.78. The summed E-state index contributed by atoms with van der Waals surface area (Å²) < 4.78 is 7.87. The van der Waals surface area contributed by atoms with E-state index in [1.165, 1.54) is 25.7 Å². The van der Waals surface area contributed by atoms with Crippen molar-refractivity contribution in [3.8, 4) is 0 Å². The number of hydrogen-bond donors (Lipinski definition) is 2. The van der Waals surface area contributed by atoms with Gasteiger partial charge in [-0.3, -0.25) is 4.99 Å². The van der Waals surface area contributed by atoms with Crippen molar-refractivity contribution in [2.75, 3.05) is 19.8 Å². The molecule has 1 aliphatic rings. The number of rotatable bonds is 11. The molecule has 2 N–H and O–H groups in total. The zero-order valence-electron chi connectivity index (χ0n) is 19.4. The topological polar surface area (TPSA) is 93.2 Å². The third kappa shape index (κ3) is 6.24. The Labute approximate surface area is 190 Å². The van der Waals surface area contributed by atoms with E-state index in [0.29, 0.717) is 18.5 Å². The first-order valence-corrected chi connectivity index (χ1v) is 12.8. The Morgan fingerprint density at radius 1 is 1.26 bits per heavy atom. The number of thioether (sulfide) groups is 1. The SMILES string of the molecule is CCC(CC)c1cc(CNC(=NC)NCCCc2nnc(SC)n2C2CCCC2)on1. The molecule has 0 amide bonds. The molecular formula is C22H37N7OS. The summed E-state index contributed by atoms with van der Waals surface area (Å²) in [5.41, 5.74) is 1.04. The summed E-state index contributed by atoms with van der Waals surface area (Å²) in [4.78, 5) is 4.32. The highest BCUT2D eigenvalue weighted by Gasteiger charge is 2.23. The summed E-state index contributed by atoms with van der Waals surface area (Å²) in [5, 5.41) is 20.8. The molecule has 0 unspecified atom stereocenters. The molecule has 1 aliphatic carbocycles. The quantitative estimate of drug-likeness (QED) is 0.229. The van der Waals surface area contributed by atoms with Crippen LogP contribution >= 0.6 is 11.8 Å². The third-order valence-corrected chi connectivity index (χ3v) is 6.76. The van der Waals surface area contributed by atoms with Gasteiger partial charge in [-0.15, -0.1) is 10.2 Å². The van der Waals surface area contributed by atoms with Gasteiger partial charge >= 0.3 is 0 Å². The van der Waals surface area contributed by atoms with Crippen molar-refractivity contribution in [3.63, 3.8) is 0 Å². The van der Waals surface area contributed by atoms with E-state index in [-0.39, 0.29) is 0 Å². The van der Waals surface area contributed by atoms with E-state index in [0.717, 1.165) is 60.6 Å². The Hall–Kier alpha value is -2.03. The van der Waals surface area contributed by atoms with E-state index in [4.69, 9.17) is 4.52 Å². The minimum Gasteiger partial charge on any atom is -0.359 e. The van der Waals surface area contributed by atoms with Crippen molar-refractivity contribution >= 4 is 17.7 Å². The van der Waals surface area contributed by atoms with Crippen LogP contribution < -0.4 is 10.6 Å². The number of hydrogen-bond acceptors (Lipinski definition) is 6. The number of guanidine groups is 1. The monoisotopic (exact) mass is 447 g/mol. The average molecular weight is 448 g/mol. The Morgan fingerprint density at radius 2 is 2.03 bits per heavy atom. The van der Waals surface area contributed by atoms with Crippen LogP contribution in [-0.4, -0.2) is 45.7 Å². The second-order valence-corrected chi connectivity index (χ2v) is 8.87. The van der Waals surface area contributed by atoms with Crippen molar-refractivity contribution in [2.45, 2.75) is 88.9 Å². The van der Waals surface area contributed by atoms with Gasteiger partial charge in [0.25, 0.3) is 0 Å². The molecule has 2 heterocycles. The number of aryl methyl sites for hydroxylation is 1. The van der Waals surface area contributed by atoms with Gasteiger partial charge in [0.1, 0.15) is 5.82 Å². The molecular weight excluding hydrogens is 410 g/mol. The standard InChI is InChI=1S/C22H37N7OS/c1-5-16(6-2)19-14-18(30-28-19)15-25-21(23-3)24-13-9-12-20-26-27-22(31-4)29(20)17-10-7-8-11-17/h14,16-17H,5-13,15H2,1-4H3,(H2,23,24,25). The molecule has 172 valence electrons. The number of nitrogens with one attached hydrogen (secondary N) is 2. The first-order chi connectivity index (χ1) is 15.2. The lowest BCUT2D eigenvalue weighted by Gasteiger charge is -2.16. The van der Waals surface area contributed by atoms with Crippen molar-refractivity contribution in [1.29, 1.82) is 0 Å². The molecule has 8 nitrogen and oxygen atoms in total. The van der Waals surface area contributed by atoms with Gasteiger partial charge in [0.2, 0.25) is 0 Å². The third-order valence-electron chi connectivity index (χ3n) is 6.11. The molecule has 2 aromatic heterocycles. The van der Waals surface area contributed by atoms with Crippen LogP contribution in [0.5, 0.6) is 0 Å². The average Bonchev–Trinajstić information content (AvgIpc) is 3.54. The number of aromatic nitrogens is 4. The predicted octanol–water partition coefficient (Wildman–Crippen LogP) is 4.30. The summed E-state index contributed by atoms with van der Waals surface area (Å²) in [5.74, 6) is 3.17. The van der Waals surface area contributed by atoms with E-state index in [9.17, 15) is 0 Å². The van der Waals surface area contributed by atoms with Gasteiger partial charge in [-0.1, -0.05) is 43.6 Å². The Kier molecular flexibility index (Phi) is 9.24. The molecule has 31 heavy (non-hydrogen) atoms. The highest BCUT2D eigenvalue weighted by atomic mass is 32.2. The largest absolute Gasteiger partial charge is 0.359 e. The zero-order chi connectivity index (χ0) is 22.1. The Bertz CT molecular complexity index is 822. The van der Waals surface area contributed by atoms with Crippen LogP contribution in [0.15, 0.2) is 20.7 Å². The molecule has 0 spiro atoms. The highest BCUT2D eigenvalue weighted by Crippen LogP contribution is 2.33. The molecule has 0 aliphatic heterocycles. The van der Waals surface area contributed by atoms with E-state index in [2.05, 4.69) is 61.7 Å². The maximum absolute atomic E-state index is 5.49. The van der Waals surface area contributed by atoms with Gasteiger partial charge in [0.05, 0.1) is 12.2 Å². The van der Waals surface area contributed by atoms with Crippen LogP contribution in [0.4, 0.5) is 0 Å². The molecule has 2 aromatic rings. The van der Waals surface area contributed by atoms with Crippen LogP contribution in [0.2, 0.25) is 0 Å². The van der Waals surface area contributed by atoms with Crippen LogP contribution in [0.1, 0.15) is 88.0 Å². The maximum Gasteiger partial charge on any atom is 0.191 e. The van der Waals surface area contributed by atoms with Gasteiger partial charge in [-0.05, 0) is 38.4 Å². The highest BCUT2D eigenvalue weighted by molar-refractivity contribution is 7.98. The van der Waals surface area contributed by atoms with Crippen molar-refractivity contribution in [1.82, 2.24) is 30.6 Å². The molecule has 3 rings (SSSR count). The van der Waals surface area contributed by atoms with Crippen molar-refractivity contribution in [3.05, 3.63) is 23.3 Å². The maximum atomic E-state index is 5.49. The second kappa shape index (κ2) is 12.1. The van der Waals surface area contributed by atoms with Crippen LogP contribution in [0, 0.1) is 0 Å². The van der Waals surface area contributed by atoms with Gasteiger partial charge in [0, 0.05) is 38.0 Å². The van der Waals surface area contributed by atoms with Gasteiger partial charge < -0.3 is 19.7 Å². The fourth-order valence-corrected chi connectivity index (χ4v) is 4.88. The lowest BCUT2D eigenvalue weighted by molar-refractivity contribution is 0.368. The molecule has 9 heteroatoms. The first kappa shape index (κ1) is 23.6. The van der Waals surface area contributed by atoms with Gasteiger partial charge in [0.15, 0.2) is 16.9 Å². The molecule has 0 aromatic carbocycles. The van der Waals surface area contributed by atoms with Crippen LogP contribution in [0.25, 0.3) is 0 Å². The normalized spacial score (nSPS) is 15.2. The minimum absolute atomic E-state index is 0.466. The number of nitrogens with zero attached hydrogens (tertiary/aromatic N) is 5. The summed E-state index contributed by atoms with van der Waals surface area (Å²) in [6.45, 7) is 5.76.